The highest BCUT2D eigenvalue weighted by Gasteiger charge is 2.24. The molecule has 2 rings (SSSR count). The number of hydrogen-bond acceptors (Lipinski definition) is 2. The number of nitrogens with zero attached hydrogens (tertiary/aromatic N) is 1. The van der Waals surface area contributed by atoms with Crippen molar-refractivity contribution in [2.75, 3.05) is 6.54 Å². The normalized spacial score (nSPS) is 10.7. The third kappa shape index (κ3) is 3.55. The molecule has 0 aliphatic rings. The van der Waals surface area contributed by atoms with Crippen LogP contribution in [0.2, 0.25) is 0 Å². The van der Waals surface area contributed by atoms with Crippen molar-refractivity contribution in [3.8, 4) is 0 Å². The maximum absolute atomic E-state index is 13.9. The fourth-order valence-corrected chi connectivity index (χ4v) is 2.94. The number of hydrogen-bond donors (Lipinski definition) is 1. The number of Topliss-reactive ketones (excluding diaryl/α,β-unsaturated/α-hetero) is 1. The summed E-state index contributed by atoms with van der Waals surface area (Å²) in [5, 5.41) is 0. The zero-order valence-corrected chi connectivity index (χ0v) is 14.6. The molecule has 1 amide bonds. The Morgan fingerprint density at radius 1 is 1.21 bits per heavy atom. The molecule has 1 N–H and O–H groups in total. The van der Waals surface area contributed by atoms with Gasteiger partial charge in [0, 0.05) is 31.3 Å². The van der Waals surface area contributed by atoms with Crippen molar-refractivity contribution < 1.29 is 14.0 Å². The summed E-state index contributed by atoms with van der Waals surface area (Å²) in [6.45, 7) is 7.71. The Morgan fingerprint density at radius 3 is 2.42 bits per heavy atom. The molecule has 128 valence electrons. The van der Waals surface area contributed by atoms with Gasteiger partial charge < -0.3 is 9.88 Å². The molecule has 0 saturated heterocycles. The monoisotopic (exact) mass is 330 g/mol. The molecule has 0 spiro atoms. The number of amides is 1. The van der Waals surface area contributed by atoms with Crippen molar-refractivity contribution >= 4 is 11.7 Å². The number of ketones is 1. The highest BCUT2D eigenvalue weighted by Crippen LogP contribution is 2.22. The van der Waals surface area contributed by atoms with Crippen molar-refractivity contribution in [2.24, 2.45) is 0 Å². The smallest absolute Gasteiger partial charge is 0.256 e. The molecule has 0 saturated carbocycles. The van der Waals surface area contributed by atoms with Crippen LogP contribution in [0.5, 0.6) is 0 Å². The number of halogens is 1. The lowest BCUT2D eigenvalue weighted by Crippen LogP contribution is -2.32. The van der Waals surface area contributed by atoms with E-state index in [1.54, 1.807) is 36.9 Å². The zero-order chi connectivity index (χ0) is 17.9. The van der Waals surface area contributed by atoms with Gasteiger partial charge in [0.05, 0.1) is 11.3 Å². The summed E-state index contributed by atoms with van der Waals surface area (Å²) >= 11 is 0. The second kappa shape index (κ2) is 7.43. The van der Waals surface area contributed by atoms with Gasteiger partial charge >= 0.3 is 0 Å². The third-order valence-corrected chi connectivity index (χ3v) is 4.10. The van der Waals surface area contributed by atoms with Gasteiger partial charge in [-0.05, 0) is 31.9 Å². The topological polar surface area (TPSA) is 53.2 Å². The third-order valence-electron chi connectivity index (χ3n) is 4.10. The Bertz CT molecular complexity index is 765. The molecule has 0 radical (unpaired) electrons. The molecule has 24 heavy (non-hydrogen) atoms. The average Bonchev–Trinajstić information content (AvgIpc) is 2.83. The van der Waals surface area contributed by atoms with Crippen LogP contribution < -0.4 is 0 Å². The van der Waals surface area contributed by atoms with Gasteiger partial charge in [0.25, 0.3) is 5.91 Å². The number of nitrogens with one attached hydrogen (secondary N) is 1. The van der Waals surface area contributed by atoms with Crippen LogP contribution in [0, 0.1) is 19.7 Å². The fraction of sp³-hybridized carbons (Fsp3) is 0.368. The van der Waals surface area contributed by atoms with Crippen LogP contribution in [-0.2, 0) is 6.54 Å². The molecule has 0 aliphatic heterocycles. The number of H-pyrrole nitrogens is 1. The summed E-state index contributed by atoms with van der Waals surface area (Å²) in [7, 11) is 0. The SMILES string of the molecule is CCCN(Cc1ccccc1F)C(=O)c1c(C)[nH]c(C(C)=O)c1C. The highest BCUT2D eigenvalue weighted by atomic mass is 19.1. The molecule has 1 heterocycles. The molecule has 1 aromatic heterocycles. The lowest BCUT2D eigenvalue weighted by molar-refractivity contribution is 0.0740. The van der Waals surface area contributed by atoms with Crippen molar-refractivity contribution in [1.82, 2.24) is 9.88 Å². The molecule has 4 nitrogen and oxygen atoms in total. The van der Waals surface area contributed by atoms with Crippen LogP contribution in [-0.4, -0.2) is 28.1 Å². The van der Waals surface area contributed by atoms with Gasteiger partial charge in [0.15, 0.2) is 5.78 Å². The van der Waals surface area contributed by atoms with E-state index in [0.717, 1.165) is 6.42 Å². The van der Waals surface area contributed by atoms with Gasteiger partial charge in [-0.3, -0.25) is 9.59 Å². The van der Waals surface area contributed by atoms with Gasteiger partial charge in [-0.2, -0.15) is 0 Å². The molecule has 0 fully saturated rings. The van der Waals surface area contributed by atoms with E-state index in [-0.39, 0.29) is 24.1 Å². The van der Waals surface area contributed by atoms with Gasteiger partial charge in [-0.1, -0.05) is 25.1 Å². The standard InChI is InChI=1S/C19H23FN2O2/c1-5-10-22(11-15-8-6-7-9-16(15)20)19(24)17-12(2)18(14(4)23)21-13(17)3/h6-9,21H,5,10-11H2,1-4H3. The quantitative estimate of drug-likeness (QED) is 0.813. The van der Waals surface area contributed by atoms with Crippen LogP contribution in [0.15, 0.2) is 24.3 Å². The van der Waals surface area contributed by atoms with Gasteiger partial charge in [0.2, 0.25) is 0 Å². The van der Waals surface area contributed by atoms with E-state index in [9.17, 15) is 14.0 Å². The first-order valence-corrected chi connectivity index (χ1v) is 8.09. The van der Waals surface area contributed by atoms with Crippen LogP contribution in [0.1, 0.15) is 57.9 Å². The van der Waals surface area contributed by atoms with E-state index in [4.69, 9.17) is 0 Å². The number of aryl methyl sites for hydroxylation is 1. The molecule has 0 unspecified atom stereocenters. The van der Waals surface area contributed by atoms with Crippen molar-refractivity contribution in [3.05, 3.63) is 58.2 Å². The molecule has 0 atom stereocenters. The summed E-state index contributed by atoms with van der Waals surface area (Å²) in [4.78, 5) is 29.3. The molecule has 1 aromatic carbocycles. The predicted octanol–water partition coefficient (Wildman–Crippen LogP) is 4.03. The van der Waals surface area contributed by atoms with Gasteiger partial charge in [-0.15, -0.1) is 0 Å². The molecule has 2 aromatic rings. The highest BCUT2D eigenvalue weighted by molar-refractivity contribution is 6.02. The van der Waals surface area contributed by atoms with E-state index in [0.29, 0.717) is 34.6 Å². The van der Waals surface area contributed by atoms with E-state index in [1.165, 1.54) is 13.0 Å². The molecule has 5 heteroatoms. The van der Waals surface area contributed by atoms with E-state index >= 15 is 0 Å². The minimum atomic E-state index is -0.321. The molecule has 0 bridgehead atoms. The lowest BCUT2D eigenvalue weighted by Gasteiger charge is -2.23. The van der Waals surface area contributed by atoms with Crippen LogP contribution in [0.4, 0.5) is 4.39 Å². The Morgan fingerprint density at radius 2 is 1.88 bits per heavy atom. The fourth-order valence-electron chi connectivity index (χ4n) is 2.94. The zero-order valence-electron chi connectivity index (χ0n) is 14.6. The number of carbonyl (C=O) groups excluding carboxylic acids is 2. The Balaban J connectivity index is 2.37. The minimum absolute atomic E-state index is 0.106. The van der Waals surface area contributed by atoms with Gasteiger partial charge in [0.1, 0.15) is 5.82 Å². The van der Waals surface area contributed by atoms with E-state index < -0.39 is 0 Å². The second-order valence-electron chi connectivity index (χ2n) is 6.00. The first-order valence-electron chi connectivity index (χ1n) is 8.09. The number of rotatable bonds is 6. The maximum Gasteiger partial charge on any atom is 0.256 e. The van der Waals surface area contributed by atoms with E-state index in [1.807, 2.05) is 6.92 Å². The van der Waals surface area contributed by atoms with E-state index in [2.05, 4.69) is 4.98 Å². The minimum Gasteiger partial charge on any atom is -0.355 e. The number of aromatic amines is 1. The first kappa shape index (κ1) is 17.9. The first-order chi connectivity index (χ1) is 11.4. The van der Waals surface area contributed by atoms with Crippen molar-refractivity contribution in [2.45, 2.75) is 40.7 Å². The molecular weight excluding hydrogens is 307 g/mol. The van der Waals surface area contributed by atoms with Crippen LogP contribution in [0.25, 0.3) is 0 Å². The number of carbonyl (C=O) groups is 2. The average molecular weight is 330 g/mol. The van der Waals surface area contributed by atoms with Crippen molar-refractivity contribution in [3.63, 3.8) is 0 Å². The summed E-state index contributed by atoms with van der Waals surface area (Å²) in [6, 6.07) is 6.46. The maximum atomic E-state index is 13.9. The second-order valence-corrected chi connectivity index (χ2v) is 6.00. The molecular formula is C19H23FN2O2. The summed E-state index contributed by atoms with van der Waals surface area (Å²) in [5.74, 6) is -0.608. The largest absolute Gasteiger partial charge is 0.355 e. The van der Waals surface area contributed by atoms with Crippen molar-refractivity contribution in [1.29, 1.82) is 0 Å². The predicted molar refractivity (Wildman–Crippen MR) is 91.7 cm³/mol. The molecule has 0 aliphatic carbocycles. The summed E-state index contributed by atoms with van der Waals surface area (Å²) in [6.07, 6.45) is 0.766. The van der Waals surface area contributed by atoms with Crippen LogP contribution >= 0.6 is 0 Å². The summed E-state index contributed by atoms with van der Waals surface area (Å²) in [5.41, 5.74) is 2.76. The summed E-state index contributed by atoms with van der Waals surface area (Å²) < 4.78 is 13.9. The number of benzene rings is 1. The van der Waals surface area contributed by atoms with Crippen LogP contribution in [0.3, 0.4) is 0 Å². The lowest BCUT2D eigenvalue weighted by atomic mass is 10.1. The Labute approximate surface area is 141 Å². The Hall–Kier alpha value is -2.43. The number of aromatic nitrogens is 1. The van der Waals surface area contributed by atoms with Gasteiger partial charge in [-0.25, -0.2) is 4.39 Å². The Kier molecular flexibility index (Phi) is 5.54.